The molecular weight excluding hydrogens is 361 g/mol. The molecule has 0 aliphatic carbocycles. The fraction of sp³-hybridized carbons (Fsp3) is 0.462. The Balaban J connectivity index is 0.00000289. The molecule has 2 N–H and O–H groups in total. The molecule has 0 bridgehead atoms. The first-order chi connectivity index (χ1) is 8.17. The number of halogens is 2. The van der Waals surface area contributed by atoms with Crippen molar-refractivity contribution in [2.45, 2.75) is 20.3 Å². The van der Waals surface area contributed by atoms with Crippen LogP contribution in [-0.2, 0) is 6.42 Å². The van der Waals surface area contributed by atoms with Gasteiger partial charge in [-0.15, -0.1) is 24.0 Å². The van der Waals surface area contributed by atoms with Crippen molar-refractivity contribution in [2.75, 3.05) is 19.6 Å². The topological polar surface area (TPSA) is 41.6 Å². The first-order valence-corrected chi connectivity index (χ1v) is 6.34. The normalized spacial score (nSPS) is 10.9. The Kier molecular flexibility index (Phi) is 9.18. The maximum absolute atomic E-state index is 5.88. The van der Waals surface area contributed by atoms with E-state index in [2.05, 4.69) is 18.8 Å². The summed E-state index contributed by atoms with van der Waals surface area (Å²) in [6.07, 6.45) is 0.888. The van der Waals surface area contributed by atoms with Gasteiger partial charge in [-0.2, -0.15) is 0 Å². The second kappa shape index (κ2) is 9.44. The summed E-state index contributed by atoms with van der Waals surface area (Å²) in [5, 5.41) is 0.764. The van der Waals surface area contributed by atoms with Crippen LogP contribution in [0.5, 0.6) is 0 Å². The second-order valence-corrected chi connectivity index (χ2v) is 4.23. The Labute approximate surface area is 131 Å². The molecule has 0 amide bonds. The van der Waals surface area contributed by atoms with Crippen LogP contribution in [0.15, 0.2) is 29.3 Å². The van der Waals surface area contributed by atoms with Crippen molar-refractivity contribution in [3.8, 4) is 0 Å². The third-order valence-corrected chi connectivity index (χ3v) is 2.93. The predicted octanol–water partition coefficient (Wildman–Crippen LogP) is 3.16. The van der Waals surface area contributed by atoms with Gasteiger partial charge in [0.15, 0.2) is 5.96 Å². The molecule has 18 heavy (non-hydrogen) atoms. The van der Waals surface area contributed by atoms with E-state index < -0.39 is 0 Å². The van der Waals surface area contributed by atoms with Gasteiger partial charge in [0.25, 0.3) is 0 Å². The summed E-state index contributed by atoms with van der Waals surface area (Å²) in [5.41, 5.74) is 7.11. The third-order valence-electron chi connectivity index (χ3n) is 2.67. The van der Waals surface area contributed by atoms with E-state index in [1.54, 1.807) is 0 Å². The van der Waals surface area contributed by atoms with Gasteiger partial charge in [-0.3, -0.25) is 4.99 Å². The third kappa shape index (κ3) is 5.91. The van der Waals surface area contributed by atoms with Crippen LogP contribution in [-0.4, -0.2) is 30.5 Å². The molecule has 0 radical (unpaired) electrons. The van der Waals surface area contributed by atoms with Crippen LogP contribution in [0.4, 0.5) is 0 Å². The summed E-state index contributed by atoms with van der Waals surface area (Å²) >= 11 is 5.82. The molecule has 3 nitrogen and oxygen atoms in total. The van der Waals surface area contributed by atoms with E-state index in [1.807, 2.05) is 29.2 Å². The number of hydrogen-bond acceptors (Lipinski definition) is 1. The lowest BCUT2D eigenvalue weighted by Crippen LogP contribution is -2.37. The van der Waals surface area contributed by atoms with E-state index in [-0.39, 0.29) is 24.0 Å². The molecule has 0 saturated carbocycles. The number of nitrogens with two attached hydrogens (primary N) is 1. The highest BCUT2D eigenvalue weighted by molar-refractivity contribution is 14.0. The van der Waals surface area contributed by atoms with Crippen molar-refractivity contribution in [3.05, 3.63) is 34.9 Å². The Morgan fingerprint density at radius 2 is 1.78 bits per heavy atom. The van der Waals surface area contributed by atoms with Crippen molar-refractivity contribution < 1.29 is 0 Å². The molecule has 0 aliphatic heterocycles. The molecule has 102 valence electrons. The van der Waals surface area contributed by atoms with Crippen molar-refractivity contribution in [1.29, 1.82) is 0 Å². The monoisotopic (exact) mass is 381 g/mol. The average molecular weight is 382 g/mol. The predicted molar refractivity (Wildman–Crippen MR) is 90.0 cm³/mol. The lowest BCUT2D eigenvalue weighted by molar-refractivity contribution is 0.458. The van der Waals surface area contributed by atoms with E-state index in [1.165, 1.54) is 5.56 Å². The molecule has 0 aromatic heterocycles. The van der Waals surface area contributed by atoms with Crippen LogP contribution in [0.3, 0.4) is 0 Å². The van der Waals surface area contributed by atoms with Crippen LogP contribution in [0.25, 0.3) is 0 Å². The first kappa shape index (κ1) is 17.5. The van der Waals surface area contributed by atoms with Crippen molar-refractivity contribution >= 4 is 41.5 Å². The standard InChI is InChI=1S/C13H20ClN3.HI/c1-3-17(4-2)13(15)16-10-9-11-5-7-12(14)8-6-11;/h5-8H,3-4,9-10H2,1-2H3,(H2,15,16);1H. The lowest BCUT2D eigenvalue weighted by Gasteiger charge is -2.19. The quantitative estimate of drug-likeness (QED) is 0.483. The highest BCUT2D eigenvalue weighted by Gasteiger charge is 2.01. The summed E-state index contributed by atoms with van der Waals surface area (Å²) in [6, 6.07) is 7.83. The molecule has 0 spiro atoms. The van der Waals surface area contributed by atoms with E-state index in [9.17, 15) is 0 Å². The van der Waals surface area contributed by atoms with Crippen LogP contribution in [0.2, 0.25) is 5.02 Å². The van der Waals surface area contributed by atoms with E-state index >= 15 is 0 Å². The number of hydrogen-bond donors (Lipinski definition) is 1. The van der Waals surface area contributed by atoms with Gasteiger partial charge in [0.2, 0.25) is 0 Å². The molecule has 0 saturated heterocycles. The maximum atomic E-state index is 5.88. The van der Waals surface area contributed by atoms with Crippen molar-refractivity contribution in [1.82, 2.24) is 4.90 Å². The Bertz CT molecular complexity index is 361. The number of nitrogens with zero attached hydrogens (tertiary/aromatic N) is 2. The van der Waals surface area contributed by atoms with E-state index in [4.69, 9.17) is 17.3 Å². The number of guanidine groups is 1. The molecule has 0 heterocycles. The first-order valence-electron chi connectivity index (χ1n) is 5.96. The fourth-order valence-corrected chi connectivity index (χ4v) is 1.72. The molecule has 0 unspecified atom stereocenters. The van der Waals surface area contributed by atoms with Crippen LogP contribution >= 0.6 is 35.6 Å². The zero-order valence-electron chi connectivity index (χ0n) is 10.9. The molecule has 5 heteroatoms. The fourth-order valence-electron chi connectivity index (χ4n) is 1.60. The molecule has 0 atom stereocenters. The zero-order valence-corrected chi connectivity index (χ0v) is 14.0. The molecular formula is C13H21ClIN3. The maximum Gasteiger partial charge on any atom is 0.191 e. The molecule has 1 aromatic rings. The molecule has 1 rings (SSSR count). The van der Waals surface area contributed by atoms with Gasteiger partial charge in [-0.25, -0.2) is 0 Å². The minimum atomic E-state index is 0. The summed E-state index contributed by atoms with van der Waals surface area (Å²) in [4.78, 5) is 6.41. The van der Waals surface area contributed by atoms with Crippen LogP contribution in [0.1, 0.15) is 19.4 Å². The van der Waals surface area contributed by atoms with Crippen molar-refractivity contribution in [3.63, 3.8) is 0 Å². The van der Waals surface area contributed by atoms with Gasteiger partial charge in [-0.1, -0.05) is 23.7 Å². The lowest BCUT2D eigenvalue weighted by atomic mass is 10.1. The minimum absolute atomic E-state index is 0. The summed E-state index contributed by atoms with van der Waals surface area (Å²) in [7, 11) is 0. The molecule has 1 aromatic carbocycles. The Hall–Kier alpha value is -0.490. The minimum Gasteiger partial charge on any atom is -0.370 e. The molecule has 0 fully saturated rings. The van der Waals surface area contributed by atoms with Crippen LogP contribution in [0, 0.1) is 0 Å². The number of rotatable bonds is 5. The number of benzene rings is 1. The van der Waals surface area contributed by atoms with E-state index in [0.29, 0.717) is 12.5 Å². The van der Waals surface area contributed by atoms with Crippen LogP contribution < -0.4 is 5.73 Å². The summed E-state index contributed by atoms with van der Waals surface area (Å²) in [5.74, 6) is 0.629. The van der Waals surface area contributed by atoms with Gasteiger partial charge >= 0.3 is 0 Å². The summed E-state index contributed by atoms with van der Waals surface area (Å²) < 4.78 is 0. The highest BCUT2D eigenvalue weighted by atomic mass is 127. The SMILES string of the molecule is CCN(CC)C(N)=NCCc1ccc(Cl)cc1.I. The van der Waals surface area contributed by atoms with Gasteiger partial charge in [-0.05, 0) is 38.0 Å². The average Bonchev–Trinajstić information content (AvgIpc) is 2.33. The largest absolute Gasteiger partial charge is 0.370 e. The van der Waals surface area contributed by atoms with Gasteiger partial charge in [0, 0.05) is 24.7 Å². The molecule has 0 aliphatic rings. The zero-order chi connectivity index (χ0) is 12.7. The van der Waals surface area contributed by atoms with Gasteiger partial charge in [0.1, 0.15) is 0 Å². The Morgan fingerprint density at radius 3 is 2.28 bits per heavy atom. The second-order valence-electron chi connectivity index (χ2n) is 3.79. The van der Waals surface area contributed by atoms with Crippen molar-refractivity contribution in [2.24, 2.45) is 10.7 Å². The summed E-state index contributed by atoms with van der Waals surface area (Å²) in [6.45, 7) is 6.65. The van der Waals surface area contributed by atoms with E-state index in [0.717, 1.165) is 24.5 Å². The number of aliphatic imine (C=N–C) groups is 1. The highest BCUT2D eigenvalue weighted by Crippen LogP contribution is 2.09. The van der Waals surface area contributed by atoms with Gasteiger partial charge < -0.3 is 10.6 Å². The smallest absolute Gasteiger partial charge is 0.191 e. The van der Waals surface area contributed by atoms with Gasteiger partial charge in [0.05, 0.1) is 0 Å². The Morgan fingerprint density at radius 1 is 1.22 bits per heavy atom.